The second kappa shape index (κ2) is 6.02. The number of H-pyrrole nitrogens is 1. The van der Waals surface area contributed by atoms with Crippen LogP contribution in [0.1, 0.15) is 0 Å². The van der Waals surface area contributed by atoms with Crippen LogP contribution in [0, 0.1) is 0 Å². The van der Waals surface area contributed by atoms with E-state index in [2.05, 4.69) is 15.2 Å². The lowest BCUT2D eigenvalue weighted by molar-refractivity contribution is 0.322. The van der Waals surface area contributed by atoms with Crippen LogP contribution in [0.4, 0.5) is 0 Å². The van der Waals surface area contributed by atoms with Gasteiger partial charge in [0.1, 0.15) is 11.5 Å². The van der Waals surface area contributed by atoms with Gasteiger partial charge < -0.3 is 14.6 Å². The summed E-state index contributed by atoms with van der Waals surface area (Å²) in [6.07, 6.45) is 0. The molecule has 3 rings (SSSR count). The van der Waals surface area contributed by atoms with Crippen molar-refractivity contribution < 1.29 is 14.6 Å². The first kappa shape index (κ1) is 13.7. The number of aromatic hydroxyl groups is 1. The largest absolute Gasteiger partial charge is 0.508 e. The van der Waals surface area contributed by atoms with E-state index in [0.717, 1.165) is 5.56 Å². The molecule has 0 radical (unpaired) electrons. The van der Waals surface area contributed by atoms with Gasteiger partial charge in [0.25, 0.3) is 0 Å². The van der Waals surface area contributed by atoms with Gasteiger partial charge in [-0.25, -0.2) is 0 Å². The summed E-state index contributed by atoms with van der Waals surface area (Å²) in [6.45, 7) is 0.0803. The van der Waals surface area contributed by atoms with Crippen LogP contribution in [0.2, 0.25) is 0 Å². The molecule has 0 saturated heterocycles. The summed E-state index contributed by atoms with van der Waals surface area (Å²) in [5, 5.41) is 25.7. The monoisotopic (exact) mass is 303 g/mol. The summed E-state index contributed by atoms with van der Waals surface area (Å²) in [4.78, 5) is 4.28. The Morgan fingerprint density at radius 3 is 2.86 bits per heavy atom. The molecular weight excluding hydrogens is 290 g/mol. The van der Waals surface area contributed by atoms with Gasteiger partial charge in [-0.2, -0.15) is 4.98 Å². The fourth-order valence-corrected chi connectivity index (χ4v) is 2.38. The molecule has 0 atom stereocenters. The lowest BCUT2D eigenvalue weighted by Crippen LogP contribution is -1.86. The van der Waals surface area contributed by atoms with Crippen molar-refractivity contribution in [2.24, 2.45) is 0 Å². The van der Waals surface area contributed by atoms with Crippen molar-refractivity contribution in [3.8, 4) is 28.7 Å². The quantitative estimate of drug-likeness (QED) is 0.627. The Bertz CT molecular complexity index is 738. The van der Waals surface area contributed by atoms with Crippen LogP contribution in [-0.4, -0.2) is 37.8 Å². The lowest BCUT2D eigenvalue weighted by atomic mass is 10.2. The number of furan rings is 1. The maximum atomic E-state index is 9.49. The van der Waals surface area contributed by atoms with Gasteiger partial charge in [-0.05, 0) is 24.3 Å². The maximum Gasteiger partial charge on any atom is 0.208 e. The fraction of sp³-hybridized carbons (Fsp3) is 0.143. The Hall–Kier alpha value is -2.25. The maximum absolute atomic E-state index is 9.49. The molecule has 2 heterocycles. The molecule has 2 aromatic heterocycles. The third-order valence-corrected chi connectivity index (χ3v) is 3.58. The number of hydrogen-bond donors (Lipinski definition) is 3. The van der Waals surface area contributed by atoms with E-state index in [-0.39, 0.29) is 12.4 Å². The van der Waals surface area contributed by atoms with Crippen LogP contribution in [-0.2, 0) is 0 Å². The second-order valence-electron chi connectivity index (χ2n) is 4.25. The molecule has 7 heteroatoms. The number of phenols is 1. The molecule has 0 aliphatic rings. The van der Waals surface area contributed by atoms with Gasteiger partial charge in [0.05, 0.1) is 6.61 Å². The number of benzene rings is 1. The number of rotatable bonds is 5. The number of aromatic nitrogens is 3. The molecule has 108 valence electrons. The number of aromatic amines is 1. The summed E-state index contributed by atoms with van der Waals surface area (Å²) in [5.41, 5.74) is 0.788. The summed E-state index contributed by atoms with van der Waals surface area (Å²) in [6, 6.07) is 10.4. The molecule has 21 heavy (non-hydrogen) atoms. The standard InChI is InChI=1S/C14H13N3O3S/c18-6-7-21-14-15-13(16-17-14)12-5-4-11(20-12)9-2-1-3-10(19)8-9/h1-5,8,18-19H,6-7H2,(H,15,16,17). The van der Waals surface area contributed by atoms with Crippen LogP contribution >= 0.6 is 11.8 Å². The van der Waals surface area contributed by atoms with Gasteiger partial charge in [-0.1, -0.05) is 23.9 Å². The van der Waals surface area contributed by atoms with Crippen molar-refractivity contribution in [3.05, 3.63) is 36.4 Å². The lowest BCUT2D eigenvalue weighted by Gasteiger charge is -1.97. The number of nitrogens with one attached hydrogen (secondary N) is 1. The molecule has 0 unspecified atom stereocenters. The molecule has 0 aliphatic heterocycles. The normalized spacial score (nSPS) is 10.9. The Balaban J connectivity index is 1.83. The van der Waals surface area contributed by atoms with Gasteiger partial charge in [0.2, 0.25) is 5.16 Å². The summed E-state index contributed by atoms with van der Waals surface area (Å²) >= 11 is 1.36. The predicted octanol–water partition coefficient (Wildman–Crippen LogP) is 2.52. The Kier molecular flexibility index (Phi) is 3.94. The van der Waals surface area contributed by atoms with E-state index in [1.165, 1.54) is 11.8 Å². The van der Waals surface area contributed by atoms with Crippen molar-refractivity contribution in [2.45, 2.75) is 5.16 Å². The van der Waals surface area contributed by atoms with E-state index in [1.54, 1.807) is 24.3 Å². The average molecular weight is 303 g/mol. The minimum Gasteiger partial charge on any atom is -0.508 e. The van der Waals surface area contributed by atoms with Crippen LogP contribution in [0.3, 0.4) is 0 Å². The van der Waals surface area contributed by atoms with Gasteiger partial charge in [0.15, 0.2) is 11.6 Å². The third-order valence-electron chi connectivity index (χ3n) is 2.76. The van der Waals surface area contributed by atoms with Crippen molar-refractivity contribution in [2.75, 3.05) is 12.4 Å². The molecule has 6 nitrogen and oxygen atoms in total. The van der Waals surface area contributed by atoms with E-state index in [0.29, 0.717) is 28.3 Å². The van der Waals surface area contributed by atoms with Gasteiger partial charge >= 0.3 is 0 Å². The minimum atomic E-state index is 0.0803. The molecule has 3 aromatic rings. The molecule has 3 N–H and O–H groups in total. The van der Waals surface area contributed by atoms with Gasteiger partial charge in [-0.3, -0.25) is 5.10 Å². The SMILES string of the molecule is OCCSc1n[nH]c(-c2ccc(-c3cccc(O)c3)o2)n1. The Labute approximate surface area is 124 Å². The molecule has 1 aromatic carbocycles. The number of hydrogen-bond acceptors (Lipinski definition) is 6. The van der Waals surface area contributed by atoms with Crippen LogP contribution in [0.25, 0.3) is 22.9 Å². The van der Waals surface area contributed by atoms with E-state index in [4.69, 9.17) is 9.52 Å². The number of phenolic OH excluding ortho intramolecular Hbond substituents is 1. The first-order chi connectivity index (χ1) is 10.3. The minimum absolute atomic E-state index is 0.0803. The first-order valence-electron chi connectivity index (χ1n) is 6.32. The van der Waals surface area contributed by atoms with Crippen LogP contribution < -0.4 is 0 Å². The molecule has 0 bridgehead atoms. The highest BCUT2D eigenvalue weighted by Crippen LogP contribution is 2.29. The van der Waals surface area contributed by atoms with E-state index < -0.39 is 0 Å². The Morgan fingerprint density at radius 2 is 2.05 bits per heavy atom. The number of thioether (sulfide) groups is 1. The topological polar surface area (TPSA) is 95.2 Å². The zero-order chi connectivity index (χ0) is 14.7. The summed E-state index contributed by atoms with van der Waals surface area (Å²) in [7, 11) is 0. The smallest absolute Gasteiger partial charge is 0.208 e. The molecule has 0 spiro atoms. The van der Waals surface area contributed by atoms with Crippen LogP contribution in [0.15, 0.2) is 46.0 Å². The second-order valence-corrected chi connectivity index (χ2v) is 5.31. The molecule has 0 fully saturated rings. The summed E-state index contributed by atoms with van der Waals surface area (Å²) in [5.74, 6) is 2.47. The van der Waals surface area contributed by atoms with Crippen molar-refractivity contribution in [1.29, 1.82) is 0 Å². The van der Waals surface area contributed by atoms with E-state index >= 15 is 0 Å². The van der Waals surface area contributed by atoms with Gasteiger partial charge in [-0.15, -0.1) is 5.10 Å². The number of aliphatic hydroxyl groups is 1. The average Bonchev–Trinajstić information content (AvgIpc) is 3.14. The fourth-order valence-electron chi connectivity index (χ4n) is 1.84. The highest BCUT2D eigenvalue weighted by atomic mass is 32.2. The predicted molar refractivity (Wildman–Crippen MR) is 79.0 cm³/mol. The summed E-state index contributed by atoms with van der Waals surface area (Å²) < 4.78 is 5.73. The molecule has 0 saturated carbocycles. The third kappa shape index (κ3) is 3.09. The number of nitrogens with zero attached hydrogens (tertiary/aromatic N) is 2. The number of aliphatic hydroxyl groups excluding tert-OH is 1. The van der Waals surface area contributed by atoms with E-state index in [9.17, 15) is 5.11 Å². The Morgan fingerprint density at radius 1 is 1.19 bits per heavy atom. The van der Waals surface area contributed by atoms with Crippen molar-refractivity contribution >= 4 is 11.8 Å². The molecule has 0 aliphatic carbocycles. The zero-order valence-corrected chi connectivity index (χ0v) is 11.8. The van der Waals surface area contributed by atoms with Crippen LogP contribution in [0.5, 0.6) is 5.75 Å². The van der Waals surface area contributed by atoms with Gasteiger partial charge in [0, 0.05) is 11.3 Å². The highest BCUT2D eigenvalue weighted by Gasteiger charge is 2.11. The molecular formula is C14H13N3O3S. The van der Waals surface area contributed by atoms with Crippen molar-refractivity contribution in [1.82, 2.24) is 15.2 Å². The zero-order valence-electron chi connectivity index (χ0n) is 11.0. The van der Waals surface area contributed by atoms with Crippen molar-refractivity contribution in [3.63, 3.8) is 0 Å². The first-order valence-corrected chi connectivity index (χ1v) is 7.30. The molecule has 0 amide bonds. The van der Waals surface area contributed by atoms with E-state index in [1.807, 2.05) is 12.1 Å². The highest BCUT2D eigenvalue weighted by molar-refractivity contribution is 7.99.